The van der Waals surface area contributed by atoms with Crippen LogP contribution in [0.3, 0.4) is 0 Å². The minimum Gasteiger partial charge on any atom is -0.466 e. The van der Waals surface area contributed by atoms with Gasteiger partial charge in [0.1, 0.15) is 28.8 Å². The molecule has 160 valence electrons. The lowest BCUT2D eigenvalue weighted by molar-refractivity contribution is 0.491. The topological polar surface area (TPSA) is 63.8 Å². The molecule has 0 unspecified atom stereocenters. The number of hydrogen-bond donors (Lipinski definition) is 1. The van der Waals surface area contributed by atoms with Gasteiger partial charge in [0.25, 0.3) is 5.56 Å². The zero-order valence-corrected chi connectivity index (χ0v) is 17.2. The Kier molecular flexibility index (Phi) is 4.93. The summed E-state index contributed by atoms with van der Waals surface area (Å²) in [5, 5.41) is 0. The summed E-state index contributed by atoms with van der Waals surface area (Å²) in [7, 11) is 0. The molecule has 0 radical (unpaired) electrons. The van der Waals surface area contributed by atoms with E-state index >= 15 is 0 Å². The first-order valence-corrected chi connectivity index (χ1v) is 10.2. The molecule has 7 heteroatoms. The molecule has 0 atom stereocenters. The van der Waals surface area contributed by atoms with Gasteiger partial charge in [0.2, 0.25) is 0 Å². The van der Waals surface area contributed by atoms with Gasteiger partial charge in [-0.3, -0.25) is 9.36 Å². The molecule has 2 aliphatic rings. The molecule has 2 aliphatic heterocycles. The van der Waals surface area contributed by atoms with Gasteiger partial charge in [-0.05, 0) is 36.8 Å². The second-order valence-corrected chi connectivity index (χ2v) is 7.64. The molecule has 3 heterocycles. The van der Waals surface area contributed by atoms with Crippen LogP contribution in [0.1, 0.15) is 28.5 Å². The van der Waals surface area contributed by atoms with Gasteiger partial charge in [0.15, 0.2) is 5.82 Å². The smallest absolute Gasteiger partial charge is 0.278 e. The van der Waals surface area contributed by atoms with E-state index in [9.17, 15) is 13.6 Å². The van der Waals surface area contributed by atoms with Crippen molar-refractivity contribution < 1.29 is 13.2 Å². The van der Waals surface area contributed by atoms with Crippen molar-refractivity contribution >= 4 is 0 Å². The Morgan fingerprint density at radius 1 is 0.969 bits per heavy atom. The van der Waals surface area contributed by atoms with E-state index in [-0.39, 0.29) is 24.0 Å². The fourth-order valence-electron chi connectivity index (χ4n) is 3.80. The number of benzene rings is 2. The third-order valence-electron chi connectivity index (χ3n) is 5.39. The number of fused-ring (bicyclic) bond motifs is 1. The molecule has 0 saturated carbocycles. The van der Waals surface area contributed by atoms with Gasteiger partial charge >= 0.3 is 0 Å². The molecule has 0 saturated heterocycles. The van der Waals surface area contributed by atoms with E-state index in [1.807, 2.05) is 43.3 Å². The van der Waals surface area contributed by atoms with Crippen LogP contribution in [-0.4, -0.2) is 14.5 Å². The predicted octanol–water partition coefficient (Wildman–Crippen LogP) is 5.03. The largest absolute Gasteiger partial charge is 0.466 e. The molecular weight excluding hydrogens is 412 g/mol. The first kappa shape index (κ1) is 19.9. The van der Waals surface area contributed by atoms with Gasteiger partial charge < -0.3 is 9.40 Å². The Hall–Kier alpha value is -4.00. The SMILES string of the molecule is Cc1ccc(Cc2nc3c(Cc4c(F)cccc4F)[nH]c(-c4ccccc4)cn-3c2=O)o1. The van der Waals surface area contributed by atoms with Crippen LogP contribution in [0.25, 0.3) is 17.1 Å². The van der Waals surface area contributed by atoms with Crippen molar-refractivity contribution in [1.29, 1.82) is 0 Å². The normalized spacial score (nSPS) is 11.3. The average molecular weight is 431 g/mol. The van der Waals surface area contributed by atoms with Crippen LogP contribution in [-0.2, 0) is 12.8 Å². The average Bonchev–Trinajstić information content (AvgIpc) is 3.34. The van der Waals surface area contributed by atoms with Crippen molar-refractivity contribution in [3.8, 4) is 17.1 Å². The molecule has 5 nitrogen and oxygen atoms in total. The minimum atomic E-state index is -0.651. The molecule has 32 heavy (non-hydrogen) atoms. The van der Waals surface area contributed by atoms with Crippen LogP contribution in [0, 0.1) is 18.6 Å². The van der Waals surface area contributed by atoms with Crippen LogP contribution in [0.5, 0.6) is 0 Å². The Labute approximate surface area is 182 Å². The van der Waals surface area contributed by atoms with E-state index in [0.29, 0.717) is 28.7 Å². The highest BCUT2D eigenvalue weighted by Crippen LogP contribution is 2.25. The number of furan rings is 1. The summed E-state index contributed by atoms with van der Waals surface area (Å²) in [5.41, 5.74) is 1.83. The molecule has 0 fully saturated rings. The summed E-state index contributed by atoms with van der Waals surface area (Å²) in [6, 6.07) is 16.8. The molecule has 0 aliphatic carbocycles. The summed E-state index contributed by atoms with van der Waals surface area (Å²) in [6.07, 6.45) is 1.80. The van der Waals surface area contributed by atoms with Gasteiger partial charge in [-0.1, -0.05) is 36.4 Å². The Balaban J connectivity index is 1.68. The van der Waals surface area contributed by atoms with Crippen molar-refractivity contribution in [3.63, 3.8) is 0 Å². The molecule has 3 aromatic rings. The van der Waals surface area contributed by atoms with E-state index in [4.69, 9.17) is 4.42 Å². The number of aromatic nitrogens is 3. The molecule has 1 N–H and O–H groups in total. The number of aryl methyl sites for hydroxylation is 1. The third kappa shape index (κ3) is 3.62. The van der Waals surface area contributed by atoms with Crippen molar-refractivity contribution in [1.82, 2.24) is 14.5 Å². The Morgan fingerprint density at radius 3 is 2.41 bits per heavy atom. The molecule has 0 bridgehead atoms. The molecule has 2 aromatic carbocycles. The van der Waals surface area contributed by atoms with Crippen molar-refractivity contribution in [2.75, 3.05) is 0 Å². The lowest BCUT2D eigenvalue weighted by Crippen LogP contribution is -2.18. The second-order valence-electron chi connectivity index (χ2n) is 7.64. The second kappa shape index (κ2) is 7.92. The standard InChI is InChI=1S/C25H19F2N3O2/c1-15-10-11-17(32-15)12-22-25(31)30-14-23(16-6-3-2-4-7-16)28-21(24(30)29-22)13-18-19(26)8-5-9-20(18)27/h2-11,14,28H,12-13H2,1H3. The highest BCUT2D eigenvalue weighted by Gasteiger charge is 2.22. The van der Waals surface area contributed by atoms with Crippen LogP contribution < -0.4 is 5.56 Å². The van der Waals surface area contributed by atoms with Crippen LogP contribution in [0.2, 0.25) is 0 Å². The van der Waals surface area contributed by atoms with Gasteiger partial charge in [-0.15, -0.1) is 0 Å². The quantitative estimate of drug-likeness (QED) is 0.425. The van der Waals surface area contributed by atoms with E-state index in [2.05, 4.69) is 9.97 Å². The number of hydrogen-bond acceptors (Lipinski definition) is 3. The maximum absolute atomic E-state index is 14.4. The van der Waals surface area contributed by atoms with Crippen LogP contribution >= 0.6 is 0 Å². The van der Waals surface area contributed by atoms with E-state index < -0.39 is 11.6 Å². The number of rotatable bonds is 5. The summed E-state index contributed by atoms with van der Waals surface area (Å²) >= 11 is 0. The summed E-state index contributed by atoms with van der Waals surface area (Å²) < 4.78 is 35.8. The summed E-state index contributed by atoms with van der Waals surface area (Å²) in [5.74, 6) is 0.392. The van der Waals surface area contributed by atoms with Crippen molar-refractivity contribution in [3.05, 3.63) is 117 Å². The zero-order valence-electron chi connectivity index (χ0n) is 17.2. The monoisotopic (exact) mass is 431 g/mol. The highest BCUT2D eigenvalue weighted by atomic mass is 19.1. The summed E-state index contributed by atoms with van der Waals surface area (Å²) in [6.45, 7) is 1.83. The van der Waals surface area contributed by atoms with Crippen molar-refractivity contribution in [2.24, 2.45) is 0 Å². The maximum Gasteiger partial charge on any atom is 0.278 e. The number of halogens is 2. The molecule has 0 amide bonds. The fraction of sp³-hybridized carbons (Fsp3) is 0.120. The molecule has 1 aromatic heterocycles. The first-order valence-electron chi connectivity index (χ1n) is 10.2. The molecule has 0 spiro atoms. The van der Waals surface area contributed by atoms with Gasteiger partial charge in [0, 0.05) is 18.2 Å². The highest BCUT2D eigenvalue weighted by molar-refractivity contribution is 5.60. The van der Waals surface area contributed by atoms with Gasteiger partial charge in [-0.25, -0.2) is 13.8 Å². The molecule has 5 rings (SSSR count). The number of nitrogens with one attached hydrogen (secondary N) is 1. The fourth-order valence-corrected chi connectivity index (χ4v) is 3.80. The van der Waals surface area contributed by atoms with E-state index in [1.54, 1.807) is 12.3 Å². The Bertz CT molecular complexity index is 1410. The van der Waals surface area contributed by atoms with E-state index in [1.165, 1.54) is 22.8 Å². The zero-order chi connectivity index (χ0) is 22.2. The minimum absolute atomic E-state index is 0.0849. The van der Waals surface area contributed by atoms with E-state index in [0.717, 1.165) is 11.3 Å². The predicted molar refractivity (Wildman–Crippen MR) is 116 cm³/mol. The van der Waals surface area contributed by atoms with Gasteiger partial charge in [-0.2, -0.15) is 0 Å². The van der Waals surface area contributed by atoms with Crippen molar-refractivity contribution in [2.45, 2.75) is 19.8 Å². The van der Waals surface area contributed by atoms with Crippen LogP contribution in [0.4, 0.5) is 8.78 Å². The number of nitrogens with zero attached hydrogens (tertiary/aromatic N) is 2. The van der Waals surface area contributed by atoms with Crippen LogP contribution in [0.15, 0.2) is 76.1 Å². The number of aromatic amines is 1. The first-order chi connectivity index (χ1) is 15.5. The lowest BCUT2D eigenvalue weighted by Gasteiger charge is -2.14. The van der Waals surface area contributed by atoms with Gasteiger partial charge in [0.05, 0.1) is 17.8 Å². The molecular formula is C25H19F2N3O2. The number of imidazole rings is 1. The number of H-pyrrole nitrogens is 1. The Morgan fingerprint density at radius 2 is 1.72 bits per heavy atom. The summed E-state index contributed by atoms with van der Waals surface area (Å²) in [4.78, 5) is 20.9. The third-order valence-corrected chi connectivity index (χ3v) is 5.39. The lowest BCUT2D eigenvalue weighted by atomic mass is 10.1. The maximum atomic E-state index is 14.4.